The first kappa shape index (κ1) is 17.5. The summed E-state index contributed by atoms with van der Waals surface area (Å²) in [6.45, 7) is 0.624. The minimum absolute atomic E-state index is 0.226. The third-order valence-electron chi connectivity index (χ3n) is 4.71. The van der Waals surface area contributed by atoms with E-state index in [2.05, 4.69) is 15.4 Å². The number of fused-ring (bicyclic) bond motifs is 1. The highest BCUT2D eigenvalue weighted by molar-refractivity contribution is 6.06. The fourth-order valence-electron chi connectivity index (χ4n) is 2.93. The highest BCUT2D eigenvalue weighted by atomic mass is 19.4. The first-order chi connectivity index (χ1) is 12.8. The molecule has 1 aliphatic carbocycles. The van der Waals surface area contributed by atoms with Crippen LogP contribution in [0.15, 0.2) is 36.5 Å². The molecule has 1 aliphatic rings. The Hall–Kier alpha value is -2.90. The summed E-state index contributed by atoms with van der Waals surface area (Å²) in [6, 6.07) is 6.35. The van der Waals surface area contributed by atoms with Crippen molar-refractivity contribution >= 4 is 16.9 Å². The van der Waals surface area contributed by atoms with Crippen LogP contribution >= 0.6 is 0 Å². The molecule has 8 heteroatoms. The Morgan fingerprint density at radius 1 is 1.26 bits per heavy atom. The number of nitrogens with one attached hydrogen (secondary N) is 1. The Morgan fingerprint density at radius 3 is 2.59 bits per heavy atom. The molecule has 0 unspecified atom stereocenters. The number of halogens is 3. The van der Waals surface area contributed by atoms with Gasteiger partial charge in [0.2, 0.25) is 0 Å². The Balaban J connectivity index is 1.74. The highest BCUT2D eigenvalue weighted by Gasteiger charge is 2.30. The van der Waals surface area contributed by atoms with E-state index in [0.717, 1.165) is 25.0 Å². The van der Waals surface area contributed by atoms with Gasteiger partial charge in [0, 0.05) is 19.2 Å². The first-order valence-electron chi connectivity index (χ1n) is 8.61. The maximum Gasteiger partial charge on any atom is 0.416 e. The molecule has 0 aliphatic heterocycles. The van der Waals surface area contributed by atoms with Gasteiger partial charge in [-0.2, -0.15) is 18.3 Å². The quantitative estimate of drug-likeness (QED) is 0.756. The van der Waals surface area contributed by atoms with Gasteiger partial charge in [-0.3, -0.25) is 9.48 Å². The summed E-state index contributed by atoms with van der Waals surface area (Å²) in [5, 5.41) is 7.68. The number of nitrogens with zero attached hydrogens (tertiary/aromatic N) is 3. The number of pyridine rings is 1. The predicted octanol–water partition coefficient (Wildman–Crippen LogP) is 3.79. The molecule has 2 heterocycles. The Kier molecular flexibility index (Phi) is 4.13. The van der Waals surface area contributed by atoms with Crippen LogP contribution in [0.3, 0.4) is 0 Å². The van der Waals surface area contributed by atoms with Crippen molar-refractivity contribution in [2.24, 2.45) is 13.0 Å². The zero-order valence-electron chi connectivity index (χ0n) is 14.5. The van der Waals surface area contributed by atoms with Crippen molar-refractivity contribution in [3.63, 3.8) is 0 Å². The van der Waals surface area contributed by atoms with E-state index in [1.165, 1.54) is 12.1 Å². The topological polar surface area (TPSA) is 59.8 Å². The SMILES string of the molecule is Cn1ncc2c(C(=O)NCC3CC3)cc(-c3ccc(C(F)(F)F)cc3)nc21. The number of rotatable bonds is 4. The van der Waals surface area contributed by atoms with E-state index in [9.17, 15) is 18.0 Å². The summed E-state index contributed by atoms with van der Waals surface area (Å²) < 4.78 is 39.9. The largest absolute Gasteiger partial charge is 0.416 e. The average molecular weight is 374 g/mol. The summed E-state index contributed by atoms with van der Waals surface area (Å²) in [6.07, 6.45) is -0.581. The van der Waals surface area contributed by atoms with Crippen LogP contribution in [0.5, 0.6) is 0 Å². The summed E-state index contributed by atoms with van der Waals surface area (Å²) in [5.41, 5.74) is 1.13. The molecular formula is C19H17F3N4O. The first-order valence-corrected chi connectivity index (χ1v) is 8.61. The van der Waals surface area contributed by atoms with Crippen molar-refractivity contribution in [2.45, 2.75) is 19.0 Å². The molecule has 0 bridgehead atoms. The smallest absolute Gasteiger partial charge is 0.352 e. The van der Waals surface area contributed by atoms with Crippen molar-refractivity contribution in [3.05, 3.63) is 47.7 Å². The number of aromatic nitrogens is 3. The van der Waals surface area contributed by atoms with Gasteiger partial charge in [0.15, 0.2) is 5.65 Å². The number of alkyl halides is 3. The third kappa shape index (κ3) is 3.51. The lowest BCUT2D eigenvalue weighted by Crippen LogP contribution is -2.25. The van der Waals surface area contributed by atoms with Gasteiger partial charge in [-0.1, -0.05) is 12.1 Å². The van der Waals surface area contributed by atoms with Crippen molar-refractivity contribution in [1.29, 1.82) is 0 Å². The van der Waals surface area contributed by atoms with Crippen LogP contribution in [-0.2, 0) is 13.2 Å². The molecule has 27 heavy (non-hydrogen) atoms. The molecule has 4 rings (SSSR count). The number of carbonyl (C=O) groups is 1. The molecule has 1 saturated carbocycles. The van der Waals surface area contributed by atoms with Crippen LogP contribution in [-0.4, -0.2) is 27.2 Å². The van der Waals surface area contributed by atoms with Gasteiger partial charge < -0.3 is 5.32 Å². The number of benzene rings is 1. The lowest BCUT2D eigenvalue weighted by atomic mass is 10.0. The number of amides is 1. The van der Waals surface area contributed by atoms with Crippen molar-refractivity contribution in [3.8, 4) is 11.3 Å². The van der Waals surface area contributed by atoms with E-state index < -0.39 is 11.7 Å². The second kappa shape index (κ2) is 6.37. The number of hydrogen-bond donors (Lipinski definition) is 1. The van der Waals surface area contributed by atoms with Gasteiger partial charge in [0.05, 0.1) is 28.4 Å². The summed E-state index contributed by atoms with van der Waals surface area (Å²) in [5.74, 6) is 0.310. The fraction of sp³-hybridized carbons (Fsp3) is 0.316. The molecule has 2 aromatic heterocycles. The third-order valence-corrected chi connectivity index (χ3v) is 4.71. The van der Waals surface area contributed by atoms with Gasteiger partial charge in [-0.05, 0) is 37.0 Å². The molecule has 5 nitrogen and oxygen atoms in total. The van der Waals surface area contributed by atoms with E-state index in [1.54, 1.807) is 24.0 Å². The van der Waals surface area contributed by atoms with Gasteiger partial charge in [-0.15, -0.1) is 0 Å². The van der Waals surface area contributed by atoms with E-state index in [0.29, 0.717) is 40.3 Å². The lowest BCUT2D eigenvalue weighted by Gasteiger charge is -2.10. The summed E-state index contributed by atoms with van der Waals surface area (Å²) >= 11 is 0. The standard InChI is InChI=1S/C19H17F3N4O/c1-26-17-15(10-24-26)14(18(27)23-9-11-2-3-11)8-16(25-17)12-4-6-13(7-5-12)19(20,21)22/h4-8,10-11H,2-3,9H2,1H3,(H,23,27). The molecule has 3 aromatic rings. The van der Waals surface area contributed by atoms with Gasteiger partial charge in [0.1, 0.15) is 0 Å². The van der Waals surface area contributed by atoms with Crippen molar-refractivity contribution in [1.82, 2.24) is 20.1 Å². The van der Waals surface area contributed by atoms with Crippen LogP contribution in [0.2, 0.25) is 0 Å². The lowest BCUT2D eigenvalue weighted by molar-refractivity contribution is -0.137. The Bertz CT molecular complexity index is 1000. The van der Waals surface area contributed by atoms with E-state index in [-0.39, 0.29) is 5.91 Å². The van der Waals surface area contributed by atoms with Crippen LogP contribution in [0.25, 0.3) is 22.3 Å². The van der Waals surface area contributed by atoms with E-state index in [1.807, 2.05) is 0 Å². The van der Waals surface area contributed by atoms with Crippen LogP contribution in [0.4, 0.5) is 13.2 Å². The number of carbonyl (C=O) groups excluding carboxylic acids is 1. The number of aryl methyl sites for hydroxylation is 1. The molecule has 0 spiro atoms. The molecular weight excluding hydrogens is 357 g/mol. The Morgan fingerprint density at radius 2 is 1.96 bits per heavy atom. The molecule has 0 saturated heterocycles. The maximum absolute atomic E-state index is 12.8. The molecule has 0 atom stereocenters. The van der Waals surface area contributed by atoms with Crippen LogP contribution in [0, 0.1) is 5.92 Å². The second-order valence-electron chi connectivity index (χ2n) is 6.79. The average Bonchev–Trinajstić information content (AvgIpc) is 3.40. The molecule has 1 amide bonds. The van der Waals surface area contributed by atoms with Crippen molar-refractivity contribution in [2.75, 3.05) is 6.54 Å². The zero-order valence-corrected chi connectivity index (χ0v) is 14.5. The van der Waals surface area contributed by atoms with Gasteiger partial charge in [0.25, 0.3) is 5.91 Å². The van der Waals surface area contributed by atoms with E-state index >= 15 is 0 Å². The fourth-order valence-corrected chi connectivity index (χ4v) is 2.93. The number of hydrogen-bond acceptors (Lipinski definition) is 3. The molecule has 1 N–H and O–H groups in total. The molecule has 1 aromatic carbocycles. The monoisotopic (exact) mass is 374 g/mol. The van der Waals surface area contributed by atoms with Gasteiger partial charge in [-0.25, -0.2) is 4.98 Å². The van der Waals surface area contributed by atoms with Crippen LogP contribution < -0.4 is 5.32 Å². The molecule has 140 valence electrons. The molecule has 0 radical (unpaired) electrons. The molecule has 1 fully saturated rings. The minimum Gasteiger partial charge on any atom is -0.352 e. The normalized spacial score (nSPS) is 14.5. The zero-order chi connectivity index (χ0) is 19.2. The second-order valence-corrected chi connectivity index (χ2v) is 6.79. The minimum atomic E-state index is -4.40. The van der Waals surface area contributed by atoms with Crippen LogP contribution in [0.1, 0.15) is 28.8 Å². The Labute approximate surface area is 153 Å². The van der Waals surface area contributed by atoms with Gasteiger partial charge >= 0.3 is 6.18 Å². The van der Waals surface area contributed by atoms with E-state index in [4.69, 9.17) is 0 Å². The summed E-state index contributed by atoms with van der Waals surface area (Å²) in [7, 11) is 1.71. The maximum atomic E-state index is 12.8. The predicted molar refractivity (Wildman–Crippen MR) is 94.0 cm³/mol. The summed E-state index contributed by atoms with van der Waals surface area (Å²) in [4.78, 5) is 17.1. The highest BCUT2D eigenvalue weighted by Crippen LogP contribution is 2.32. The van der Waals surface area contributed by atoms with Crippen molar-refractivity contribution < 1.29 is 18.0 Å².